The monoisotopic (exact) mass is 327 g/mol. The van der Waals surface area contributed by atoms with Crippen molar-refractivity contribution in [2.24, 2.45) is 0 Å². The maximum Gasteiger partial charge on any atom is 0.237 e. The predicted molar refractivity (Wildman–Crippen MR) is 84.6 cm³/mol. The van der Waals surface area contributed by atoms with E-state index in [4.69, 9.17) is 4.42 Å². The second kappa shape index (κ2) is 7.59. The number of nitrogens with zero attached hydrogens (tertiary/aromatic N) is 1. The topological polar surface area (TPSA) is 67.2 Å². The lowest BCUT2D eigenvalue weighted by atomic mass is 10.0. The normalized spacial score (nSPS) is 18.0. The summed E-state index contributed by atoms with van der Waals surface area (Å²) in [4.78, 5) is 16.4. The molecule has 7 heteroatoms. The molecular formula is C14H18ClN3O2S. The summed E-state index contributed by atoms with van der Waals surface area (Å²) < 4.78 is 5.30. The molecule has 0 aliphatic carbocycles. The molecule has 1 unspecified atom stereocenters. The molecule has 1 amide bonds. The van der Waals surface area contributed by atoms with Gasteiger partial charge in [0.15, 0.2) is 10.8 Å². The molecule has 1 fully saturated rings. The van der Waals surface area contributed by atoms with Gasteiger partial charge in [0, 0.05) is 5.38 Å². The van der Waals surface area contributed by atoms with Crippen molar-refractivity contribution in [2.75, 3.05) is 6.54 Å². The van der Waals surface area contributed by atoms with Crippen molar-refractivity contribution in [1.82, 2.24) is 15.6 Å². The van der Waals surface area contributed by atoms with Crippen LogP contribution in [0.15, 0.2) is 28.2 Å². The van der Waals surface area contributed by atoms with Gasteiger partial charge in [-0.05, 0) is 31.5 Å². The average Bonchev–Trinajstić information content (AvgIpc) is 3.16. The Morgan fingerprint density at radius 3 is 3.14 bits per heavy atom. The summed E-state index contributed by atoms with van der Waals surface area (Å²) in [5.74, 6) is 0.832. The van der Waals surface area contributed by atoms with Crippen LogP contribution in [0.3, 0.4) is 0 Å². The average molecular weight is 328 g/mol. The first-order valence-corrected chi connectivity index (χ1v) is 7.70. The standard InChI is InChI=1S/C14H17N3O2S.ClH/c18-13(11-4-1-2-6-15-11)16-8-10-9-20-14(17-10)12-5-3-7-19-12;/h3,5,7,9,11,15H,1-2,4,6,8H2,(H,16,18);1H. The second-order valence-electron chi connectivity index (χ2n) is 4.84. The minimum absolute atomic E-state index is 0. The van der Waals surface area contributed by atoms with Gasteiger partial charge < -0.3 is 15.1 Å². The Hall–Kier alpha value is -1.37. The van der Waals surface area contributed by atoms with Gasteiger partial charge in [0.05, 0.1) is 24.5 Å². The van der Waals surface area contributed by atoms with Crippen LogP contribution in [-0.2, 0) is 11.3 Å². The van der Waals surface area contributed by atoms with Gasteiger partial charge in [-0.3, -0.25) is 4.79 Å². The van der Waals surface area contributed by atoms with Crippen molar-refractivity contribution < 1.29 is 9.21 Å². The number of halogens is 1. The van der Waals surface area contributed by atoms with E-state index in [0.717, 1.165) is 42.3 Å². The lowest BCUT2D eigenvalue weighted by Crippen LogP contribution is -2.46. The summed E-state index contributed by atoms with van der Waals surface area (Å²) in [5.41, 5.74) is 0.866. The van der Waals surface area contributed by atoms with Crippen LogP contribution in [0, 0.1) is 0 Å². The molecule has 2 N–H and O–H groups in total. The summed E-state index contributed by atoms with van der Waals surface area (Å²) >= 11 is 1.52. The molecule has 114 valence electrons. The molecule has 0 saturated carbocycles. The molecule has 0 radical (unpaired) electrons. The molecule has 1 aliphatic rings. The van der Waals surface area contributed by atoms with Gasteiger partial charge >= 0.3 is 0 Å². The minimum atomic E-state index is -0.0491. The van der Waals surface area contributed by atoms with Crippen molar-refractivity contribution >= 4 is 29.7 Å². The molecule has 0 aromatic carbocycles. The van der Waals surface area contributed by atoms with Crippen LogP contribution < -0.4 is 10.6 Å². The minimum Gasteiger partial charge on any atom is -0.462 e. The first-order valence-electron chi connectivity index (χ1n) is 6.82. The number of carbonyl (C=O) groups excluding carboxylic acids is 1. The SMILES string of the molecule is Cl.O=C(NCc1csc(-c2ccco2)n1)C1CCCCN1. The zero-order chi connectivity index (χ0) is 13.8. The van der Waals surface area contributed by atoms with E-state index in [-0.39, 0.29) is 24.4 Å². The van der Waals surface area contributed by atoms with Gasteiger partial charge in [-0.15, -0.1) is 23.7 Å². The van der Waals surface area contributed by atoms with Crippen LogP contribution in [0.1, 0.15) is 25.0 Å². The largest absolute Gasteiger partial charge is 0.462 e. The molecule has 1 saturated heterocycles. The summed E-state index contributed by atoms with van der Waals surface area (Å²) in [7, 11) is 0. The quantitative estimate of drug-likeness (QED) is 0.905. The zero-order valence-electron chi connectivity index (χ0n) is 11.5. The highest BCUT2D eigenvalue weighted by molar-refractivity contribution is 7.13. The fourth-order valence-electron chi connectivity index (χ4n) is 2.28. The first-order chi connectivity index (χ1) is 9.83. The fourth-order valence-corrected chi connectivity index (χ4v) is 3.06. The molecule has 2 aromatic heterocycles. The van der Waals surface area contributed by atoms with Crippen LogP contribution in [0.25, 0.3) is 10.8 Å². The van der Waals surface area contributed by atoms with E-state index in [0.29, 0.717) is 6.54 Å². The summed E-state index contributed by atoms with van der Waals surface area (Å²) in [6, 6.07) is 3.67. The molecule has 1 atom stereocenters. The van der Waals surface area contributed by atoms with E-state index in [1.807, 2.05) is 17.5 Å². The van der Waals surface area contributed by atoms with Crippen molar-refractivity contribution in [3.05, 3.63) is 29.5 Å². The van der Waals surface area contributed by atoms with Gasteiger partial charge in [0.25, 0.3) is 0 Å². The van der Waals surface area contributed by atoms with Gasteiger partial charge in [-0.1, -0.05) is 6.42 Å². The fraction of sp³-hybridized carbons (Fsp3) is 0.429. The molecule has 0 bridgehead atoms. The molecule has 21 heavy (non-hydrogen) atoms. The maximum atomic E-state index is 12.0. The number of amides is 1. The highest BCUT2D eigenvalue weighted by atomic mass is 35.5. The van der Waals surface area contributed by atoms with Gasteiger partial charge in [-0.2, -0.15) is 0 Å². The lowest BCUT2D eigenvalue weighted by Gasteiger charge is -2.22. The van der Waals surface area contributed by atoms with Gasteiger partial charge in [0.2, 0.25) is 5.91 Å². The Morgan fingerprint density at radius 1 is 1.52 bits per heavy atom. The Balaban J connectivity index is 0.00000161. The molecule has 5 nitrogen and oxygen atoms in total. The van der Waals surface area contributed by atoms with E-state index in [2.05, 4.69) is 15.6 Å². The number of thiazole rings is 1. The van der Waals surface area contributed by atoms with E-state index in [1.165, 1.54) is 11.3 Å². The van der Waals surface area contributed by atoms with Crippen LogP contribution in [-0.4, -0.2) is 23.5 Å². The molecule has 3 rings (SSSR count). The number of hydrogen-bond donors (Lipinski definition) is 2. The summed E-state index contributed by atoms with van der Waals surface area (Å²) in [6.07, 6.45) is 4.82. The number of hydrogen-bond acceptors (Lipinski definition) is 5. The third kappa shape index (κ3) is 4.06. The van der Waals surface area contributed by atoms with E-state index in [9.17, 15) is 4.79 Å². The first kappa shape index (κ1) is 16.0. The van der Waals surface area contributed by atoms with Crippen LogP contribution in [0.5, 0.6) is 0 Å². The van der Waals surface area contributed by atoms with Crippen molar-refractivity contribution in [2.45, 2.75) is 31.8 Å². The smallest absolute Gasteiger partial charge is 0.237 e. The Kier molecular flexibility index (Phi) is 5.78. The summed E-state index contributed by atoms with van der Waals surface area (Å²) in [5, 5.41) is 8.97. The van der Waals surface area contributed by atoms with Gasteiger partial charge in [0.1, 0.15) is 0 Å². The third-order valence-corrected chi connectivity index (χ3v) is 4.26. The number of rotatable bonds is 4. The van der Waals surface area contributed by atoms with Crippen LogP contribution in [0.2, 0.25) is 0 Å². The second-order valence-corrected chi connectivity index (χ2v) is 5.70. The molecule has 3 heterocycles. The number of furan rings is 1. The Morgan fingerprint density at radius 2 is 2.43 bits per heavy atom. The van der Waals surface area contributed by atoms with Crippen LogP contribution in [0.4, 0.5) is 0 Å². The van der Waals surface area contributed by atoms with E-state index >= 15 is 0 Å². The predicted octanol–water partition coefficient (Wildman–Crippen LogP) is 2.58. The molecule has 1 aliphatic heterocycles. The molecule has 2 aromatic rings. The Bertz CT molecular complexity index is 565. The summed E-state index contributed by atoms with van der Waals surface area (Å²) in [6.45, 7) is 1.39. The zero-order valence-corrected chi connectivity index (χ0v) is 13.1. The van der Waals surface area contributed by atoms with Crippen molar-refractivity contribution in [1.29, 1.82) is 0 Å². The van der Waals surface area contributed by atoms with E-state index < -0.39 is 0 Å². The number of piperidine rings is 1. The van der Waals surface area contributed by atoms with Gasteiger partial charge in [-0.25, -0.2) is 4.98 Å². The lowest BCUT2D eigenvalue weighted by molar-refractivity contribution is -0.123. The molecule has 0 spiro atoms. The highest BCUT2D eigenvalue weighted by Gasteiger charge is 2.20. The number of aromatic nitrogens is 1. The van der Waals surface area contributed by atoms with Crippen LogP contribution >= 0.6 is 23.7 Å². The maximum absolute atomic E-state index is 12.0. The number of carbonyl (C=O) groups is 1. The number of nitrogens with one attached hydrogen (secondary N) is 2. The Labute approximate surface area is 133 Å². The highest BCUT2D eigenvalue weighted by Crippen LogP contribution is 2.23. The van der Waals surface area contributed by atoms with E-state index in [1.54, 1.807) is 6.26 Å². The van der Waals surface area contributed by atoms with Crippen molar-refractivity contribution in [3.63, 3.8) is 0 Å². The van der Waals surface area contributed by atoms with Crippen molar-refractivity contribution in [3.8, 4) is 10.8 Å². The molecular weight excluding hydrogens is 310 g/mol. The third-order valence-electron chi connectivity index (χ3n) is 3.35.